The van der Waals surface area contributed by atoms with Gasteiger partial charge in [-0.25, -0.2) is 4.98 Å². The lowest BCUT2D eigenvalue weighted by Gasteiger charge is -2.08. The Labute approximate surface area is 105 Å². The molecule has 0 bridgehead atoms. The molecule has 0 radical (unpaired) electrons. The molecule has 18 heavy (non-hydrogen) atoms. The van der Waals surface area contributed by atoms with E-state index in [-0.39, 0.29) is 5.78 Å². The molecule has 0 aliphatic carbocycles. The largest absolute Gasteiger partial charge is 0.493 e. The Bertz CT molecular complexity index is 575. The van der Waals surface area contributed by atoms with Gasteiger partial charge in [0.2, 0.25) is 5.78 Å². The number of imidazole rings is 1. The molecule has 0 N–H and O–H groups in total. The number of carbonyl (C=O) groups is 1. The van der Waals surface area contributed by atoms with Gasteiger partial charge in [-0.15, -0.1) is 0 Å². The molecule has 5 nitrogen and oxygen atoms in total. The fourth-order valence-corrected chi connectivity index (χ4v) is 1.69. The molecule has 94 valence electrons. The highest BCUT2D eigenvalue weighted by atomic mass is 16.5. The number of benzene rings is 1. The Morgan fingerprint density at radius 1 is 1.22 bits per heavy atom. The first-order valence-corrected chi connectivity index (χ1v) is 5.41. The summed E-state index contributed by atoms with van der Waals surface area (Å²) in [6.07, 6.45) is 3.32. The average Bonchev–Trinajstić information content (AvgIpc) is 2.83. The van der Waals surface area contributed by atoms with Crippen molar-refractivity contribution in [2.75, 3.05) is 14.2 Å². The fourth-order valence-electron chi connectivity index (χ4n) is 1.69. The maximum absolute atomic E-state index is 12.2. The van der Waals surface area contributed by atoms with Crippen LogP contribution < -0.4 is 9.47 Å². The molecule has 0 saturated heterocycles. The maximum atomic E-state index is 12.2. The number of aromatic nitrogens is 2. The SMILES string of the molecule is COc1ccc(C(=O)c2nccn2C)cc1OC. The van der Waals surface area contributed by atoms with E-state index in [1.807, 2.05) is 0 Å². The van der Waals surface area contributed by atoms with Gasteiger partial charge in [-0.05, 0) is 18.2 Å². The third kappa shape index (κ3) is 2.07. The lowest BCUT2D eigenvalue weighted by atomic mass is 10.1. The van der Waals surface area contributed by atoms with Gasteiger partial charge in [0, 0.05) is 25.0 Å². The Balaban J connectivity index is 2.40. The molecule has 0 atom stereocenters. The van der Waals surface area contributed by atoms with Crippen LogP contribution in [0.25, 0.3) is 0 Å². The van der Waals surface area contributed by atoms with Crippen LogP contribution in [0, 0.1) is 0 Å². The predicted octanol–water partition coefficient (Wildman–Crippen LogP) is 1.67. The minimum atomic E-state index is -0.150. The summed E-state index contributed by atoms with van der Waals surface area (Å²) in [4.78, 5) is 16.2. The first-order chi connectivity index (χ1) is 8.67. The van der Waals surface area contributed by atoms with Crippen molar-refractivity contribution in [1.29, 1.82) is 0 Å². The highest BCUT2D eigenvalue weighted by molar-refractivity contribution is 6.07. The maximum Gasteiger partial charge on any atom is 0.228 e. The number of aryl methyl sites for hydroxylation is 1. The second-order valence-corrected chi connectivity index (χ2v) is 3.76. The Kier molecular flexibility index (Phi) is 3.32. The zero-order chi connectivity index (χ0) is 13.1. The van der Waals surface area contributed by atoms with Crippen LogP contribution in [0.5, 0.6) is 11.5 Å². The zero-order valence-electron chi connectivity index (χ0n) is 10.5. The molecule has 2 rings (SSSR count). The number of ether oxygens (including phenoxy) is 2. The van der Waals surface area contributed by atoms with Gasteiger partial charge in [0.1, 0.15) is 0 Å². The summed E-state index contributed by atoms with van der Waals surface area (Å²) in [5, 5.41) is 0. The summed E-state index contributed by atoms with van der Waals surface area (Å²) in [6, 6.07) is 5.04. The topological polar surface area (TPSA) is 53.3 Å². The fraction of sp³-hybridized carbons (Fsp3) is 0.231. The van der Waals surface area contributed by atoms with Crippen molar-refractivity contribution in [1.82, 2.24) is 9.55 Å². The molecular weight excluding hydrogens is 232 g/mol. The van der Waals surface area contributed by atoms with Crippen molar-refractivity contribution in [3.63, 3.8) is 0 Å². The first kappa shape index (κ1) is 12.2. The van der Waals surface area contributed by atoms with Crippen molar-refractivity contribution < 1.29 is 14.3 Å². The molecule has 1 aromatic carbocycles. The van der Waals surface area contributed by atoms with E-state index in [1.165, 1.54) is 7.11 Å². The molecule has 0 saturated carbocycles. The van der Waals surface area contributed by atoms with E-state index in [2.05, 4.69) is 4.98 Å². The van der Waals surface area contributed by atoms with Gasteiger partial charge < -0.3 is 14.0 Å². The monoisotopic (exact) mass is 246 g/mol. The van der Waals surface area contributed by atoms with Gasteiger partial charge >= 0.3 is 0 Å². The van der Waals surface area contributed by atoms with Crippen LogP contribution in [-0.2, 0) is 7.05 Å². The first-order valence-electron chi connectivity index (χ1n) is 5.41. The van der Waals surface area contributed by atoms with E-state index in [0.29, 0.717) is 22.9 Å². The second-order valence-electron chi connectivity index (χ2n) is 3.76. The van der Waals surface area contributed by atoms with E-state index >= 15 is 0 Å². The molecule has 0 amide bonds. The molecule has 2 aromatic rings. The molecule has 1 heterocycles. The van der Waals surface area contributed by atoms with Gasteiger partial charge in [-0.3, -0.25) is 4.79 Å². The minimum absolute atomic E-state index is 0.150. The lowest BCUT2D eigenvalue weighted by molar-refractivity contribution is 0.102. The van der Waals surface area contributed by atoms with Crippen LogP contribution in [0.2, 0.25) is 0 Å². The van der Waals surface area contributed by atoms with E-state index in [9.17, 15) is 4.79 Å². The van der Waals surface area contributed by atoms with Gasteiger partial charge in [0.25, 0.3) is 0 Å². The van der Waals surface area contributed by atoms with Crippen LogP contribution in [0.15, 0.2) is 30.6 Å². The predicted molar refractivity (Wildman–Crippen MR) is 66.2 cm³/mol. The Morgan fingerprint density at radius 3 is 2.50 bits per heavy atom. The number of ketones is 1. The van der Waals surface area contributed by atoms with Crippen LogP contribution in [0.1, 0.15) is 16.2 Å². The van der Waals surface area contributed by atoms with Crippen LogP contribution in [-0.4, -0.2) is 29.6 Å². The van der Waals surface area contributed by atoms with Crippen LogP contribution in [0.4, 0.5) is 0 Å². The lowest BCUT2D eigenvalue weighted by Crippen LogP contribution is -2.09. The molecule has 0 unspecified atom stereocenters. The van der Waals surface area contributed by atoms with E-state index in [1.54, 1.807) is 49.3 Å². The number of nitrogens with zero attached hydrogens (tertiary/aromatic N) is 2. The summed E-state index contributed by atoms with van der Waals surface area (Å²) >= 11 is 0. The van der Waals surface area contributed by atoms with Crippen molar-refractivity contribution in [2.45, 2.75) is 0 Å². The van der Waals surface area contributed by atoms with Gasteiger partial charge in [-0.1, -0.05) is 0 Å². The molecule has 0 spiro atoms. The van der Waals surface area contributed by atoms with E-state index in [4.69, 9.17) is 9.47 Å². The third-order valence-corrected chi connectivity index (χ3v) is 2.67. The summed E-state index contributed by atoms with van der Waals surface area (Å²) in [5.74, 6) is 1.36. The molecular formula is C13H14N2O3. The molecule has 0 fully saturated rings. The molecule has 5 heteroatoms. The minimum Gasteiger partial charge on any atom is -0.493 e. The summed E-state index contributed by atoms with van der Waals surface area (Å²) in [5.41, 5.74) is 0.516. The van der Waals surface area contributed by atoms with Gasteiger partial charge in [-0.2, -0.15) is 0 Å². The number of hydrogen-bond acceptors (Lipinski definition) is 4. The van der Waals surface area contributed by atoms with Crippen LogP contribution >= 0.6 is 0 Å². The summed E-state index contributed by atoms with van der Waals surface area (Å²) in [6.45, 7) is 0. The van der Waals surface area contributed by atoms with Crippen molar-refractivity contribution >= 4 is 5.78 Å². The van der Waals surface area contributed by atoms with Crippen molar-refractivity contribution in [3.05, 3.63) is 42.0 Å². The Morgan fingerprint density at radius 2 is 1.94 bits per heavy atom. The number of rotatable bonds is 4. The number of carbonyl (C=O) groups excluding carboxylic acids is 1. The quantitative estimate of drug-likeness (QED) is 0.770. The second kappa shape index (κ2) is 4.91. The highest BCUT2D eigenvalue weighted by Gasteiger charge is 2.15. The zero-order valence-corrected chi connectivity index (χ0v) is 10.5. The van der Waals surface area contributed by atoms with Gasteiger partial charge in [0.05, 0.1) is 14.2 Å². The Hall–Kier alpha value is -2.30. The van der Waals surface area contributed by atoms with E-state index in [0.717, 1.165) is 0 Å². The average molecular weight is 246 g/mol. The third-order valence-electron chi connectivity index (χ3n) is 2.67. The molecule has 0 aliphatic heterocycles. The number of hydrogen-bond donors (Lipinski definition) is 0. The molecule has 1 aromatic heterocycles. The number of methoxy groups -OCH3 is 2. The smallest absolute Gasteiger partial charge is 0.228 e. The molecule has 0 aliphatic rings. The summed E-state index contributed by atoms with van der Waals surface area (Å²) < 4.78 is 12.0. The summed E-state index contributed by atoms with van der Waals surface area (Å²) in [7, 11) is 4.87. The highest BCUT2D eigenvalue weighted by Crippen LogP contribution is 2.28. The standard InChI is InChI=1S/C13H14N2O3/c1-15-7-6-14-13(15)12(16)9-4-5-10(17-2)11(8-9)18-3/h4-8H,1-3H3. The normalized spacial score (nSPS) is 10.2. The van der Waals surface area contributed by atoms with Crippen molar-refractivity contribution in [3.8, 4) is 11.5 Å². The van der Waals surface area contributed by atoms with E-state index < -0.39 is 0 Å². The van der Waals surface area contributed by atoms with Crippen LogP contribution in [0.3, 0.4) is 0 Å². The van der Waals surface area contributed by atoms with Gasteiger partial charge in [0.15, 0.2) is 17.3 Å². The van der Waals surface area contributed by atoms with Crippen molar-refractivity contribution in [2.24, 2.45) is 7.05 Å².